The number of carbonyl (C=O) groups is 1. The lowest BCUT2D eigenvalue weighted by molar-refractivity contribution is -0.139. The van der Waals surface area contributed by atoms with Crippen LogP contribution in [0.2, 0.25) is 0 Å². The number of aromatic nitrogens is 4. The highest BCUT2D eigenvalue weighted by Gasteiger charge is 2.26. The lowest BCUT2D eigenvalue weighted by atomic mass is 10.0. The molecule has 1 unspecified atom stereocenters. The number of morpholine rings is 1. The number of aryl methyl sites for hydroxylation is 5. The summed E-state index contributed by atoms with van der Waals surface area (Å²) >= 11 is 0. The summed E-state index contributed by atoms with van der Waals surface area (Å²) in [7, 11) is 0. The summed E-state index contributed by atoms with van der Waals surface area (Å²) < 4.78 is 7.82. The fourth-order valence-electron chi connectivity index (χ4n) is 4.16. The summed E-state index contributed by atoms with van der Waals surface area (Å²) in [5.74, 6) is 1.67. The minimum absolute atomic E-state index is 0.110. The molecule has 4 rings (SSSR count). The van der Waals surface area contributed by atoms with Crippen molar-refractivity contribution < 1.29 is 9.53 Å². The molecule has 7 nitrogen and oxygen atoms in total. The Bertz CT molecular complexity index is 1090. The zero-order chi connectivity index (χ0) is 22.7. The van der Waals surface area contributed by atoms with Gasteiger partial charge in [-0.05, 0) is 57.4 Å². The molecule has 1 aromatic carbocycles. The highest BCUT2D eigenvalue weighted by Crippen LogP contribution is 2.24. The Morgan fingerprint density at radius 3 is 2.56 bits per heavy atom. The van der Waals surface area contributed by atoms with Gasteiger partial charge in [0.2, 0.25) is 5.91 Å². The molecule has 2 aromatic heterocycles. The van der Waals surface area contributed by atoms with Crippen molar-refractivity contribution >= 4 is 5.91 Å². The van der Waals surface area contributed by atoms with E-state index in [0.29, 0.717) is 32.7 Å². The van der Waals surface area contributed by atoms with E-state index >= 15 is 0 Å². The van der Waals surface area contributed by atoms with Crippen molar-refractivity contribution in [1.29, 1.82) is 0 Å². The van der Waals surface area contributed by atoms with Crippen LogP contribution in [0.1, 0.15) is 52.3 Å². The summed E-state index contributed by atoms with van der Waals surface area (Å²) in [5, 5.41) is 4.35. The number of carbonyl (C=O) groups excluding carboxylic acids is 1. The highest BCUT2D eigenvalue weighted by atomic mass is 16.5. The molecule has 0 radical (unpaired) electrons. The van der Waals surface area contributed by atoms with Gasteiger partial charge in [0.15, 0.2) is 0 Å². The van der Waals surface area contributed by atoms with Crippen molar-refractivity contribution in [2.45, 2.75) is 53.2 Å². The molecule has 1 aliphatic rings. The predicted octanol–water partition coefficient (Wildman–Crippen LogP) is 3.49. The van der Waals surface area contributed by atoms with Crippen LogP contribution in [0.4, 0.5) is 0 Å². The fraction of sp³-hybridized carbons (Fsp3) is 0.440. The Kier molecular flexibility index (Phi) is 6.65. The molecule has 0 bridgehead atoms. The van der Waals surface area contributed by atoms with Gasteiger partial charge < -0.3 is 9.64 Å². The van der Waals surface area contributed by atoms with Gasteiger partial charge in [0.25, 0.3) is 0 Å². The molecule has 1 fully saturated rings. The Hall–Kier alpha value is -3.06. The van der Waals surface area contributed by atoms with Crippen molar-refractivity contribution in [3.63, 3.8) is 0 Å². The molecule has 1 atom stereocenters. The van der Waals surface area contributed by atoms with Crippen LogP contribution in [0.3, 0.4) is 0 Å². The van der Waals surface area contributed by atoms with E-state index in [1.54, 1.807) is 4.68 Å². The van der Waals surface area contributed by atoms with E-state index in [9.17, 15) is 4.79 Å². The minimum Gasteiger partial charge on any atom is -0.368 e. The minimum atomic E-state index is -0.209. The van der Waals surface area contributed by atoms with Crippen molar-refractivity contribution in [3.8, 4) is 0 Å². The smallest absolute Gasteiger partial charge is 0.224 e. The summed E-state index contributed by atoms with van der Waals surface area (Å²) in [6.45, 7) is 10.1. The molecular weight excluding hydrogens is 402 g/mol. The lowest BCUT2D eigenvalue weighted by Gasteiger charge is -2.33. The van der Waals surface area contributed by atoms with Gasteiger partial charge in [-0.3, -0.25) is 9.78 Å². The van der Waals surface area contributed by atoms with Crippen LogP contribution in [0, 0.1) is 27.7 Å². The van der Waals surface area contributed by atoms with E-state index in [1.165, 1.54) is 16.7 Å². The third-order valence-electron chi connectivity index (χ3n) is 5.81. The van der Waals surface area contributed by atoms with Crippen molar-refractivity contribution in [2.75, 3.05) is 19.7 Å². The average Bonchev–Trinajstić information content (AvgIpc) is 3.10. The predicted molar refractivity (Wildman–Crippen MR) is 122 cm³/mol. The molecule has 7 heteroatoms. The first kappa shape index (κ1) is 22.1. The van der Waals surface area contributed by atoms with Gasteiger partial charge in [-0.15, -0.1) is 0 Å². The zero-order valence-corrected chi connectivity index (χ0v) is 19.3. The third-order valence-corrected chi connectivity index (χ3v) is 5.81. The van der Waals surface area contributed by atoms with Gasteiger partial charge in [-0.25, -0.2) is 9.67 Å². The molecule has 1 saturated heterocycles. The Labute approximate surface area is 189 Å². The summed E-state index contributed by atoms with van der Waals surface area (Å²) in [5.41, 5.74) is 5.60. The van der Waals surface area contributed by atoms with Crippen LogP contribution in [0.25, 0.3) is 0 Å². The van der Waals surface area contributed by atoms with Crippen LogP contribution in [-0.2, 0) is 22.5 Å². The number of hydrogen-bond donors (Lipinski definition) is 0. The van der Waals surface area contributed by atoms with Crippen LogP contribution >= 0.6 is 0 Å². The number of benzene rings is 1. The van der Waals surface area contributed by atoms with Crippen LogP contribution in [-0.4, -0.2) is 50.3 Å². The molecule has 0 spiro atoms. The number of rotatable bonds is 6. The second-order valence-corrected chi connectivity index (χ2v) is 8.58. The largest absolute Gasteiger partial charge is 0.368 e. The van der Waals surface area contributed by atoms with E-state index in [0.717, 1.165) is 29.5 Å². The van der Waals surface area contributed by atoms with E-state index in [4.69, 9.17) is 9.72 Å². The monoisotopic (exact) mass is 433 g/mol. The molecule has 3 aromatic rings. The fourth-order valence-corrected chi connectivity index (χ4v) is 4.16. The van der Waals surface area contributed by atoms with Gasteiger partial charge in [-0.1, -0.05) is 29.8 Å². The maximum atomic E-state index is 12.9. The quantitative estimate of drug-likeness (QED) is 0.595. The van der Waals surface area contributed by atoms with Crippen LogP contribution < -0.4 is 0 Å². The molecule has 0 N–H and O–H groups in total. The highest BCUT2D eigenvalue weighted by molar-refractivity contribution is 5.76. The molecule has 1 amide bonds. The molecule has 168 valence electrons. The Morgan fingerprint density at radius 1 is 1.06 bits per heavy atom. The standard InChI is InChI=1S/C25H31N5O2/c1-17-5-7-21(8-6-17)14-22-13-18(2)26-23(15-22)24-16-29(11-12-32-24)25(31)9-10-30-20(4)27-19(3)28-30/h5-8,13,15,24H,9-12,14,16H2,1-4H3. The molecule has 1 aliphatic heterocycles. The number of hydrogen-bond acceptors (Lipinski definition) is 5. The molecule has 32 heavy (non-hydrogen) atoms. The van der Waals surface area contributed by atoms with Crippen molar-refractivity contribution in [3.05, 3.63) is 76.1 Å². The van der Waals surface area contributed by atoms with E-state index in [-0.39, 0.29) is 12.0 Å². The number of nitrogens with zero attached hydrogens (tertiary/aromatic N) is 5. The Balaban J connectivity index is 1.42. The average molecular weight is 434 g/mol. The maximum absolute atomic E-state index is 12.9. The number of amides is 1. The third kappa shape index (κ3) is 5.40. The normalized spacial score (nSPS) is 16.4. The van der Waals surface area contributed by atoms with E-state index in [1.807, 2.05) is 25.7 Å². The Morgan fingerprint density at radius 2 is 1.84 bits per heavy atom. The first-order valence-corrected chi connectivity index (χ1v) is 11.2. The van der Waals surface area contributed by atoms with Crippen molar-refractivity contribution in [2.24, 2.45) is 0 Å². The van der Waals surface area contributed by atoms with Crippen molar-refractivity contribution in [1.82, 2.24) is 24.6 Å². The summed E-state index contributed by atoms with van der Waals surface area (Å²) in [4.78, 5) is 23.8. The van der Waals surface area contributed by atoms with E-state index < -0.39 is 0 Å². The molecule has 0 aliphatic carbocycles. The first-order valence-electron chi connectivity index (χ1n) is 11.2. The second kappa shape index (κ2) is 9.61. The van der Waals surface area contributed by atoms with Gasteiger partial charge in [0.05, 0.1) is 25.4 Å². The van der Waals surface area contributed by atoms with Crippen LogP contribution in [0.5, 0.6) is 0 Å². The van der Waals surface area contributed by atoms with Crippen LogP contribution in [0.15, 0.2) is 36.4 Å². The lowest BCUT2D eigenvalue weighted by Crippen LogP contribution is -2.42. The summed E-state index contributed by atoms with van der Waals surface area (Å²) in [6.07, 6.45) is 1.04. The zero-order valence-electron chi connectivity index (χ0n) is 19.3. The van der Waals surface area contributed by atoms with Gasteiger partial charge in [0.1, 0.15) is 17.8 Å². The number of ether oxygens (including phenoxy) is 1. The van der Waals surface area contributed by atoms with Gasteiger partial charge in [0, 0.05) is 18.7 Å². The molecule has 0 saturated carbocycles. The second-order valence-electron chi connectivity index (χ2n) is 8.58. The number of pyridine rings is 1. The topological polar surface area (TPSA) is 73.1 Å². The first-order chi connectivity index (χ1) is 15.4. The molecule has 3 heterocycles. The van der Waals surface area contributed by atoms with Gasteiger partial charge >= 0.3 is 0 Å². The molecular formula is C25H31N5O2. The SMILES string of the molecule is Cc1ccc(Cc2cc(C)nc(C3CN(C(=O)CCn4nc(C)nc4C)CCO3)c2)cc1. The maximum Gasteiger partial charge on any atom is 0.224 e. The van der Waals surface area contributed by atoms with Gasteiger partial charge in [-0.2, -0.15) is 5.10 Å². The summed E-state index contributed by atoms with van der Waals surface area (Å²) in [6, 6.07) is 12.9. The van der Waals surface area contributed by atoms with E-state index in [2.05, 4.69) is 53.4 Å².